The Morgan fingerprint density at radius 1 is 1.28 bits per heavy atom. The van der Waals surface area contributed by atoms with Crippen LogP contribution in [0.3, 0.4) is 0 Å². The number of sulfonamides is 1. The van der Waals surface area contributed by atoms with Crippen LogP contribution in [0.2, 0.25) is 0 Å². The Kier molecular flexibility index (Phi) is 6.14. The maximum Gasteiger partial charge on any atom is 0.337 e. The molecule has 0 amide bonds. The van der Waals surface area contributed by atoms with E-state index in [1.54, 1.807) is 19.1 Å². The SMILES string of the molecule is COC(=O)c1ccc(C)c(S(=O)(=O)N2CC3CCCC(N)C3C2)c1.Cl. The number of rotatable bonds is 3. The lowest BCUT2D eigenvalue weighted by atomic mass is 9.78. The maximum absolute atomic E-state index is 13.1. The number of carbonyl (C=O) groups excluding carboxylic acids is 1. The Labute approximate surface area is 155 Å². The van der Waals surface area contributed by atoms with Crippen molar-refractivity contribution in [1.29, 1.82) is 0 Å². The molecule has 2 aliphatic rings. The monoisotopic (exact) mass is 388 g/mol. The Morgan fingerprint density at radius 3 is 2.64 bits per heavy atom. The van der Waals surface area contributed by atoms with Crippen LogP contribution in [0.25, 0.3) is 0 Å². The zero-order valence-corrected chi connectivity index (χ0v) is 16.1. The summed E-state index contributed by atoms with van der Waals surface area (Å²) < 4.78 is 32.4. The van der Waals surface area contributed by atoms with Crippen LogP contribution in [0, 0.1) is 18.8 Å². The molecule has 3 rings (SSSR count). The van der Waals surface area contributed by atoms with E-state index < -0.39 is 16.0 Å². The van der Waals surface area contributed by atoms with E-state index in [0.29, 0.717) is 24.6 Å². The van der Waals surface area contributed by atoms with Gasteiger partial charge in [-0.05, 0) is 49.3 Å². The number of esters is 1. The molecule has 140 valence electrons. The minimum absolute atomic E-state index is 0. The third-order valence-electron chi connectivity index (χ3n) is 5.35. The van der Waals surface area contributed by atoms with E-state index in [4.69, 9.17) is 10.5 Å². The molecule has 1 aliphatic carbocycles. The van der Waals surface area contributed by atoms with Gasteiger partial charge in [0.1, 0.15) is 0 Å². The molecule has 0 aromatic heterocycles. The Balaban J connectivity index is 0.00000225. The molecular weight excluding hydrogens is 364 g/mol. The molecule has 8 heteroatoms. The first-order valence-electron chi connectivity index (χ1n) is 8.29. The van der Waals surface area contributed by atoms with Gasteiger partial charge in [0.25, 0.3) is 0 Å². The summed E-state index contributed by atoms with van der Waals surface area (Å²) in [6.45, 7) is 2.72. The van der Waals surface area contributed by atoms with Crippen molar-refractivity contribution in [3.63, 3.8) is 0 Å². The molecule has 1 aromatic carbocycles. The van der Waals surface area contributed by atoms with Gasteiger partial charge in [-0.1, -0.05) is 12.5 Å². The van der Waals surface area contributed by atoms with Crippen LogP contribution < -0.4 is 5.73 Å². The van der Waals surface area contributed by atoms with E-state index in [-0.39, 0.29) is 34.8 Å². The first-order chi connectivity index (χ1) is 11.3. The highest BCUT2D eigenvalue weighted by molar-refractivity contribution is 7.89. The molecule has 0 spiro atoms. The number of ether oxygens (including phenoxy) is 1. The van der Waals surface area contributed by atoms with Crippen molar-refractivity contribution in [3.05, 3.63) is 29.3 Å². The van der Waals surface area contributed by atoms with Crippen LogP contribution in [0.4, 0.5) is 0 Å². The van der Waals surface area contributed by atoms with Crippen LogP contribution in [-0.2, 0) is 14.8 Å². The Morgan fingerprint density at radius 2 is 2.00 bits per heavy atom. The molecule has 1 aromatic rings. The second kappa shape index (κ2) is 7.61. The highest BCUT2D eigenvalue weighted by atomic mass is 35.5. The van der Waals surface area contributed by atoms with E-state index >= 15 is 0 Å². The fraction of sp³-hybridized carbons (Fsp3) is 0.588. The first kappa shape index (κ1) is 20.2. The van der Waals surface area contributed by atoms with E-state index in [2.05, 4.69) is 0 Å². The largest absolute Gasteiger partial charge is 0.465 e. The Hall–Kier alpha value is -1.15. The second-order valence-electron chi connectivity index (χ2n) is 6.81. The highest BCUT2D eigenvalue weighted by Gasteiger charge is 2.43. The summed E-state index contributed by atoms with van der Waals surface area (Å²) in [6, 6.07) is 4.72. The smallest absolute Gasteiger partial charge is 0.337 e. The van der Waals surface area contributed by atoms with Gasteiger partial charge < -0.3 is 10.5 Å². The molecule has 2 fully saturated rings. The second-order valence-corrected chi connectivity index (χ2v) is 8.72. The summed E-state index contributed by atoms with van der Waals surface area (Å²) in [5.41, 5.74) is 7.07. The van der Waals surface area contributed by atoms with Gasteiger partial charge in [-0.15, -0.1) is 12.4 Å². The van der Waals surface area contributed by atoms with Gasteiger partial charge in [0.15, 0.2) is 0 Å². The quantitative estimate of drug-likeness (QED) is 0.799. The fourth-order valence-electron chi connectivity index (χ4n) is 3.93. The summed E-state index contributed by atoms with van der Waals surface area (Å²) in [4.78, 5) is 11.9. The number of benzene rings is 1. The van der Waals surface area contributed by atoms with Gasteiger partial charge >= 0.3 is 5.97 Å². The molecular formula is C17H25ClN2O4S. The maximum atomic E-state index is 13.1. The standard InChI is InChI=1S/C17H24N2O4S.ClH/c1-11-6-7-12(17(20)23-2)8-16(11)24(21,22)19-9-13-4-3-5-15(18)14(13)10-19;/h6-8,13-15H,3-5,9-10,18H2,1-2H3;1H. The molecule has 25 heavy (non-hydrogen) atoms. The number of methoxy groups -OCH3 is 1. The van der Waals surface area contributed by atoms with Crippen LogP contribution in [0.5, 0.6) is 0 Å². The fourth-order valence-corrected chi connectivity index (χ4v) is 5.72. The lowest BCUT2D eigenvalue weighted by molar-refractivity contribution is 0.0600. The zero-order chi connectivity index (χ0) is 17.5. The number of aryl methyl sites for hydroxylation is 1. The minimum atomic E-state index is -3.65. The summed E-state index contributed by atoms with van der Waals surface area (Å²) in [6.07, 6.45) is 3.06. The number of nitrogens with two attached hydrogens (primary N) is 1. The van der Waals surface area contributed by atoms with Crippen LogP contribution in [-0.4, -0.2) is 44.9 Å². The number of hydrogen-bond donors (Lipinski definition) is 1. The van der Waals surface area contributed by atoms with Crippen molar-refractivity contribution in [2.75, 3.05) is 20.2 Å². The summed E-state index contributed by atoms with van der Waals surface area (Å²) in [7, 11) is -2.36. The van der Waals surface area contributed by atoms with Gasteiger partial charge in [-0.2, -0.15) is 4.31 Å². The predicted molar refractivity (Wildman–Crippen MR) is 97.3 cm³/mol. The van der Waals surface area contributed by atoms with Crippen molar-refractivity contribution in [3.8, 4) is 0 Å². The lowest BCUT2D eigenvalue weighted by Gasteiger charge is -2.29. The molecule has 6 nitrogen and oxygen atoms in total. The predicted octanol–water partition coefficient (Wildman–Crippen LogP) is 1.95. The van der Waals surface area contributed by atoms with Crippen LogP contribution in [0.15, 0.2) is 23.1 Å². The van der Waals surface area contributed by atoms with Gasteiger partial charge in [0.05, 0.1) is 17.6 Å². The molecule has 0 bridgehead atoms. The molecule has 3 unspecified atom stereocenters. The molecule has 1 saturated carbocycles. The lowest BCUT2D eigenvalue weighted by Crippen LogP contribution is -2.38. The third kappa shape index (κ3) is 3.69. The van der Waals surface area contributed by atoms with Gasteiger partial charge in [-0.3, -0.25) is 0 Å². The molecule has 2 N–H and O–H groups in total. The van der Waals surface area contributed by atoms with Gasteiger partial charge in [0, 0.05) is 19.1 Å². The summed E-state index contributed by atoms with van der Waals surface area (Å²) >= 11 is 0. The van der Waals surface area contributed by atoms with E-state index in [0.717, 1.165) is 19.3 Å². The van der Waals surface area contributed by atoms with E-state index in [1.165, 1.54) is 17.5 Å². The number of hydrogen-bond acceptors (Lipinski definition) is 5. The van der Waals surface area contributed by atoms with Crippen molar-refractivity contribution in [2.45, 2.75) is 37.1 Å². The third-order valence-corrected chi connectivity index (χ3v) is 7.32. The number of nitrogens with zero attached hydrogens (tertiary/aromatic N) is 1. The van der Waals surface area contributed by atoms with Crippen molar-refractivity contribution < 1.29 is 17.9 Å². The van der Waals surface area contributed by atoms with Gasteiger partial charge in [0.2, 0.25) is 10.0 Å². The van der Waals surface area contributed by atoms with Crippen molar-refractivity contribution in [1.82, 2.24) is 4.31 Å². The minimum Gasteiger partial charge on any atom is -0.465 e. The summed E-state index contributed by atoms with van der Waals surface area (Å²) in [5.74, 6) is 0.0359. The zero-order valence-electron chi connectivity index (χ0n) is 14.5. The molecule has 1 aliphatic heterocycles. The van der Waals surface area contributed by atoms with Crippen molar-refractivity contribution >= 4 is 28.4 Å². The molecule has 1 saturated heterocycles. The number of carbonyl (C=O) groups is 1. The number of fused-ring (bicyclic) bond motifs is 1. The average molecular weight is 389 g/mol. The molecule has 1 heterocycles. The van der Waals surface area contributed by atoms with E-state index in [9.17, 15) is 13.2 Å². The topological polar surface area (TPSA) is 89.7 Å². The van der Waals surface area contributed by atoms with Crippen LogP contribution >= 0.6 is 12.4 Å². The number of halogens is 1. The molecule has 3 atom stereocenters. The normalized spacial score (nSPS) is 26.6. The van der Waals surface area contributed by atoms with Crippen molar-refractivity contribution in [2.24, 2.45) is 17.6 Å². The highest BCUT2D eigenvalue weighted by Crippen LogP contribution is 2.38. The van der Waals surface area contributed by atoms with E-state index in [1.807, 2.05) is 0 Å². The summed E-state index contributed by atoms with van der Waals surface area (Å²) in [5, 5.41) is 0. The molecule has 0 radical (unpaired) electrons. The first-order valence-corrected chi connectivity index (χ1v) is 9.73. The Bertz CT molecular complexity index is 753. The average Bonchev–Trinajstić information content (AvgIpc) is 3.01. The van der Waals surface area contributed by atoms with Crippen LogP contribution in [0.1, 0.15) is 35.2 Å². The van der Waals surface area contributed by atoms with Gasteiger partial charge in [-0.25, -0.2) is 13.2 Å².